The molecule has 0 aliphatic heterocycles. The lowest BCUT2D eigenvalue weighted by Crippen LogP contribution is -2.07. The predicted octanol–water partition coefficient (Wildman–Crippen LogP) is 3.14. The quantitative estimate of drug-likeness (QED) is 0.449. The molecular formula is C10H16. The van der Waals surface area contributed by atoms with Crippen molar-refractivity contribution >= 4 is 0 Å². The van der Waals surface area contributed by atoms with Gasteiger partial charge in [-0.3, -0.25) is 0 Å². The van der Waals surface area contributed by atoms with Gasteiger partial charge in [0.15, 0.2) is 0 Å². The molecule has 0 nitrogen and oxygen atoms in total. The minimum Gasteiger partial charge on any atom is -0.0856 e. The van der Waals surface area contributed by atoms with E-state index in [2.05, 4.69) is 19.9 Å². The van der Waals surface area contributed by atoms with Gasteiger partial charge < -0.3 is 0 Å². The molecule has 0 amide bonds. The highest BCUT2D eigenvalue weighted by Gasteiger charge is 2.50. The van der Waals surface area contributed by atoms with E-state index in [1.807, 2.05) is 0 Å². The molecule has 0 aromatic rings. The average Bonchev–Trinajstić information content (AvgIpc) is 2.41. The Bertz CT molecular complexity index is 178. The van der Waals surface area contributed by atoms with Crippen LogP contribution in [0.25, 0.3) is 0 Å². The molecule has 10 heavy (non-hydrogen) atoms. The van der Waals surface area contributed by atoms with E-state index in [-0.39, 0.29) is 0 Å². The van der Waals surface area contributed by atoms with Crippen molar-refractivity contribution in [1.82, 2.24) is 0 Å². The summed E-state index contributed by atoms with van der Waals surface area (Å²) >= 11 is 0. The highest BCUT2D eigenvalue weighted by molar-refractivity contribution is 5.15. The second kappa shape index (κ2) is 1.87. The zero-order valence-electron chi connectivity index (χ0n) is 6.98. The van der Waals surface area contributed by atoms with Gasteiger partial charge in [-0.15, -0.1) is 0 Å². The molecule has 0 radical (unpaired) electrons. The summed E-state index contributed by atoms with van der Waals surface area (Å²) in [7, 11) is 0. The third-order valence-electron chi connectivity index (χ3n) is 3.36. The molecule has 2 aliphatic carbocycles. The zero-order valence-corrected chi connectivity index (χ0v) is 6.98. The Kier molecular flexibility index (Phi) is 1.21. The van der Waals surface area contributed by atoms with E-state index >= 15 is 0 Å². The fourth-order valence-corrected chi connectivity index (χ4v) is 2.47. The molecule has 0 saturated heterocycles. The highest BCUT2D eigenvalue weighted by Crippen LogP contribution is 2.60. The molecule has 1 saturated carbocycles. The minimum atomic E-state index is 0.791. The molecule has 0 aromatic carbocycles. The van der Waals surface area contributed by atoms with Gasteiger partial charge >= 0.3 is 0 Å². The van der Waals surface area contributed by atoms with Gasteiger partial charge in [0.1, 0.15) is 0 Å². The molecule has 2 aliphatic rings. The maximum absolute atomic E-state index is 2.41. The second-order valence-electron chi connectivity index (χ2n) is 4.23. The summed E-state index contributed by atoms with van der Waals surface area (Å²) < 4.78 is 0. The van der Waals surface area contributed by atoms with E-state index in [9.17, 15) is 0 Å². The van der Waals surface area contributed by atoms with Gasteiger partial charge in [-0.25, -0.2) is 0 Å². The number of rotatable bonds is 0. The molecule has 2 atom stereocenters. The van der Waals surface area contributed by atoms with Crippen molar-refractivity contribution in [1.29, 1.82) is 0 Å². The molecule has 0 N–H and O–H groups in total. The standard InChI is InChI=1S/C10H16/c1-8-4-3-5-10(6-8)7-9(10)2/h4,9H,3,5-7H2,1-2H3. The van der Waals surface area contributed by atoms with Crippen molar-refractivity contribution in [2.75, 3.05) is 0 Å². The van der Waals surface area contributed by atoms with Gasteiger partial charge in [0.2, 0.25) is 0 Å². The first kappa shape index (κ1) is 6.45. The van der Waals surface area contributed by atoms with Gasteiger partial charge in [-0.1, -0.05) is 18.6 Å². The van der Waals surface area contributed by atoms with E-state index in [4.69, 9.17) is 0 Å². The Labute approximate surface area is 63.3 Å². The van der Waals surface area contributed by atoms with E-state index in [0.717, 1.165) is 11.3 Å². The van der Waals surface area contributed by atoms with Crippen molar-refractivity contribution in [3.8, 4) is 0 Å². The molecule has 2 unspecified atom stereocenters. The molecule has 2 rings (SSSR count). The predicted molar refractivity (Wildman–Crippen MR) is 43.8 cm³/mol. The van der Waals surface area contributed by atoms with Crippen LogP contribution in [-0.4, -0.2) is 0 Å². The van der Waals surface area contributed by atoms with Gasteiger partial charge in [0, 0.05) is 0 Å². The van der Waals surface area contributed by atoms with E-state index in [1.165, 1.54) is 25.7 Å². The smallest absolute Gasteiger partial charge is 0.0229 e. The monoisotopic (exact) mass is 136 g/mol. The lowest BCUT2D eigenvalue weighted by molar-refractivity contribution is 0.409. The van der Waals surface area contributed by atoms with E-state index < -0.39 is 0 Å². The van der Waals surface area contributed by atoms with Crippen LogP contribution in [0.2, 0.25) is 0 Å². The van der Waals surface area contributed by atoms with Crippen molar-refractivity contribution in [3.05, 3.63) is 11.6 Å². The van der Waals surface area contributed by atoms with E-state index in [0.29, 0.717) is 0 Å². The summed E-state index contributed by atoms with van der Waals surface area (Å²) in [5.74, 6) is 1.02. The number of allylic oxidation sites excluding steroid dienone is 2. The lowest BCUT2D eigenvalue weighted by Gasteiger charge is -2.20. The van der Waals surface area contributed by atoms with Gasteiger partial charge in [0.25, 0.3) is 0 Å². The average molecular weight is 136 g/mol. The molecule has 0 heterocycles. The van der Waals surface area contributed by atoms with Crippen LogP contribution in [0.3, 0.4) is 0 Å². The Morgan fingerprint density at radius 3 is 2.70 bits per heavy atom. The summed E-state index contributed by atoms with van der Waals surface area (Å²) in [5.41, 5.74) is 2.43. The van der Waals surface area contributed by atoms with Crippen molar-refractivity contribution in [2.45, 2.75) is 39.5 Å². The first-order valence-electron chi connectivity index (χ1n) is 4.39. The van der Waals surface area contributed by atoms with Crippen LogP contribution in [0.1, 0.15) is 39.5 Å². The summed E-state index contributed by atoms with van der Waals surface area (Å²) in [4.78, 5) is 0. The number of hydrogen-bond acceptors (Lipinski definition) is 0. The topological polar surface area (TPSA) is 0 Å². The maximum Gasteiger partial charge on any atom is -0.0229 e. The van der Waals surface area contributed by atoms with Crippen LogP contribution in [-0.2, 0) is 0 Å². The van der Waals surface area contributed by atoms with Gasteiger partial charge in [-0.05, 0) is 43.9 Å². The summed E-state index contributed by atoms with van der Waals surface area (Å²) in [5, 5.41) is 0. The largest absolute Gasteiger partial charge is 0.0856 e. The number of hydrogen-bond donors (Lipinski definition) is 0. The second-order valence-corrected chi connectivity index (χ2v) is 4.23. The van der Waals surface area contributed by atoms with Crippen LogP contribution in [0.15, 0.2) is 11.6 Å². The zero-order chi connectivity index (χ0) is 7.19. The van der Waals surface area contributed by atoms with Crippen LogP contribution in [0.5, 0.6) is 0 Å². The van der Waals surface area contributed by atoms with Crippen LogP contribution in [0, 0.1) is 11.3 Å². The molecule has 0 heteroatoms. The molecular weight excluding hydrogens is 120 g/mol. The molecule has 1 fully saturated rings. The van der Waals surface area contributed by atoms with Crippen molar-refractivity contribution < 1.29 is 0 Å². The highest BCUT2D eigenvalue weighted by atomic mass is 14.5. The Balaban J connectivity index is 2.10. The Hall–Kier alpha value is -0.260. The summed E-state index contributed by atoms with van der Waals surface area (Å²) in [6.07, 6.45) is 8.12. The first-order valence-corrected chi connectivity index (χ1v) is 4.39. The normalized spacial score (nSPS) is 45.4. The third-order valence-corrected chi connectivity index (χ3v) is 3.36. The third kappa shape index (κ3) is 0.817. The van der Waals surface area contributed by atoms with Gasteiger partial charge in [-0.2, -0.15) is 0 Å². The van der Waals surface area contributed by atoms with Crippen LogP contribution in [0.4, 0.5) is 0 Å². The SMILES string of the molecule is CC1=CCCC2(C1)CC2C. The maximum atomic E-state index is 2.41. The fourth-order valence-electron chi connectivity index (χ4n) is 2.47. The molecule has 1 spiro atoms. The lowest BCUT2D eigenvalue weighted by atomic mass is 9.85. The summed E-state index contributed by atoms with van der Waals surface area (Å²) in [6, 6.07) is 0. The molecule has 56 valence electrons. The molecule has 0 bridgehead atoms. The first-order chi connectivity index (χ1) is 4.73. The molecule has 0 aromatic heterocycles. The van der Waals surface area contributed by atoms with Crippen molar-refractivity contribution in [2.24, 2.45) is 11.3 Å². The minimum absolute atomic E-state index is 0.791. The fraction of sp³-hybridized carbons (Fsp3) is 0.800. The van der Waals surface area contributed by atoms with Crippen LogP contribution >= 0.6 is 0 Å². The van der Waals surface area contributed by atoms with Crippen LogP contribution < -0.4 is 0 Å². The summed E-state index contributed by atoms with van der Waals surface area (Å²) in [6.45, 7) is 4.69. The van der Waals surface area contributed by atoms with Crippen molar-refractivity contribution in [3.63, 3.8) is 0 Å². The van der Waals surface area contributed by atoms with Gasteiger partial charge in [0.05, 0.1) is 0 Å². The van der Waals surface area contributed by atoms with E-state index in [1.54, 1.807) is 5.57 Å². The Morgan fingerprint density at radius 2 is 2.30 bits per heavy atom. The Morgan fingerprint density at radius 1 is 1.60 bits per heavy atom.